The van der Waals surface area contributed by atoms with Crippen molar-refractivity contribution in [3.05, 3.63) is 33.8 Å². The average Bonchev–Trinajstić information content (AvgIpc) is 2.21. The Kier molecular flexibility index (Phi) is 4.77. The van der Waals surface area contributed by atoms with Crippen LogP contribution in [0.4, 0.5) is 0 Å². The number of ketones is 1. The van der Waals surface area contributed by atoms with Crippen molar-refractivity contribution in [2.75, 3.05) is 0 Å². The largest absolute Gasteiger partial charge is 0.370 e. The predicted molar refractivity (Wildman–Crippen MR) is 63.8 cm³/mol. The minimum atomic E-state index is -0.401. The smallest absolute Gasteiger partial charge is 0.217 e. The summed E-state index contributed by atoms with van der Waals surface area (Å²) in [5.41, 5.74) is 5.47. The number of nitrogens with two attached hydrogens (primary N) is 1. The number of benzene rings is 1. The van der Waals surface area contributed by atoms with Crippen LogP contribution in [-0.2, 0) is 4.79 Å². The topological polar surface area (TPSA) is 60.2 Å². The summed E-state index contributed by atoms with van der Waals surface area (Å²) in [6.45, 7) is 0. The van der Waals surface area contributed by atoms with E-state index < -0.39 is 5.91 Å². The van der Waals surface area contributed by atoms with Crippen molar-refractivity contribution in [2.24, 2.45) is 5.73 Å². The van der Waals surface area contributed by atoms with Crippen LogP contribution >= 0.6 is 23.2 Å². The van der Waals surface area contributed by atoms with E-state index in [4.69, 9.17) is 28.9 Å². The molecule has 0 fully saturated rings. The number of rotatable bonds is 5. The Labute approximate surface area is 104 Å². The van der Waals surface area contributed by atoms with E-state index >= 15 is 0 Å². The van der Waals surface area contributed by atoms with E-state index in [0.29, 0.717) is 22.0 Å². The van der Waals surface area contributed by atoms with E-state index in [9.17, 15) is 9.59 Å². The first-order valence-electron chi connectivity index (χ1n) is 4.77. The molecule has 0 heterocycles. The standard InChI is InChI=1S/C11H11Cl2NO2/c12-8-5-4-7(6-9(8)13)10(15)2-1-3-11(14)16/h4-6H,1-3H2,(H2,14,16). The second kappa shape index (κ2) is 5.87. The Morgan fingerprint density at radius 1 is 1.12 bits per heavy atom. The summed E-state index contributed by atoms with van der Waals surface area (Å²) < 4.78 is 0. The lowest BCUT2D eigenvalue weighted by Gasteiger charge is -2.02. The lowest BCUT2D eigenvalue weighted by Crippen LogP contribution is -2.10. The van der Waals surface area contributed by atoms with Crippen molar-refractivity contribution in [1.29, 1.82) is 0 Å². The average molecular weight is 260 g/mol. The SMILES string of the molecule is NC(=O)CCCC(=O)c1ccc(Cl)c(Cl)c1. The third kappa shape index (κ3) is 3.83. The normalized spacial score (nSPS) is 10.1. The quantitative estimate of drug-likeness (QED) is 0.827. The highest BCUT2D eigenvalue weighted by molar-refractivity contribution is 6.42. The van der Waals surface area contributed by atoms with E-state index in [-0.39, 0.29) is 18.6 Å². The summed E-state index contributed by atoms with van der Waals surface area (Å²) in [6.07, 6.45) is 0.947. The van der Waals surface area contributed by atoms with Crippen molar-refractivity contribution in [1.82, 2.24) is 0 Å². The van der Waals surface area contributed by atoms with Crippen LogP contribution in [-0.4, -0.2) is 11.7 Å². The summed E-state index contributed by atoms with van der Waals surface area (Å²) in [6, 6.07) is 4.71. The maximum atomic E-state index is 11.6. The van der Waals surface area contributed by atoms with Gasteiger partial charge < -0.3 is 5.73 Å². The van der Waals surface area contributed by atoms with Crippen LogP contribution in [0.1, 0.15) is 29.6 Å². The first kappa shape index (κ1) is 13.0. The maximum absolute atomic E-state index is 11.6. The van der Waals surface area contributed by atoms with Crippen LogP contribution in [0.2, 0.25) is 10.0 Å². The summed E-state index contributed by atoms with van der Waals surface area (Å²) in [5, 5.41) is 0.762. The van der Waals surface area contributed by atoms with Crippen molar-refractivity contribution in [3.63, 3.8) is 0 Å². The molecule has 0 unspecified atom stereocenters. The Bertz CT molecular complexity index is 418. The van der Waals surface area contributed by atoms with Gasteiger partial charge in [-0.1, -0.05) is 23.2 Å². The molecule has 2 N–H and O–H groups in total. The van der Waals surface area contributed by atoms with Gasteiger partial charge in [-0.25, -0.2) is 0 Å². The maximum Gasteiger partial charge on any atom is 0.217 e. The van der Waals surface area contributed by atoms with Gasteiger partial charge in [-0.3, -0.25) is 9.59 Å². The Balaban J connectivity index is 2.59. The first-order valence-corrected chi connectivity index (χ1v) is 5.53. The molecule has 0 aliphatic rings. The van der Waals surface area contributed by atoms with E-state index in [1.54, 1.807) is 12.1 Å². The lowest BCUT2D eigenvalue weighted by molar-refractivity contribution is -0.118. The van der Waals surface area contributed by atoms with E-state index in [1.165, 1.54) is 6.07 Å². The molecule has 16 heavy (non-hydrogen) atoms. The van der Waals surface area contributed by atoms with Gasteiger partial charge >= 0.3 is 0 Å². The van der Waals surface area contributed by atoms with Crippen molar-refractivity contribution in [3.8, 4) is 0 Å². The third-order valence-electron chi connectivity index (χ3n) is 2.07. The number of halogens is 2. The fraction of sp³-hybridized carbons (Fsp3) is 0.273. The molecule has 0 spiro atoms. The van der Waals surface area contributed by atoms with Crippen LogP contribution in [0.15, 0.2) is 18.2 Å². The second-order valence-electron chi connectivity index (χ2n) is 3.37. The lowest BCUT2D eigenvalue weighted by atomic mass is 10.1. The number of carbonyl (C=O) groups excluding carboxylic acids is 2. The molecule has 1 aromatic rings. The number of primary amides is 1. The molecule has 0 saturated heterocycles. The molecule has 0 saturated carbocycles. The third-order valence-corrected chi connectivity index (χ3v) is 2.81. The monoisotopic (exact) mass is 259 g/mol. The van der Waals surface area contributed by atoms with Crippen LogP contribution in [0.5, 0.6) is 0 Å². The Hall–Kier alpha value is -1.06. The number of amides is 1. The van der Waals surface area contributed by atoms with E-state index in [0.717, 1.165) is 0 Å². The molecule has 1 amide bonds. The van der Waals surface area contributed by atoms with Gasteiger partial charge in [0.2, 0.25) is 5.91 Å². The van der Waals surface area contributed by atoms with Crippen molar-refractivity contribution < 1.29 is 9.59 Å². The predicted octanol–water partition coefficient (Wildman–Crippen LogP) is 2.83. The van der Waals surface area contributed by atoms with Gasteiger partial charge in [0.1, 0.15) is 0 Å². The van der Waals surface area contributed by atoms with Gasteiger partial charge in [0.25, 0.3) is 0 Å². The second-order valence-corrected chi connectivity index (χ2v) is 4.19. The highest BCUT2D eigenvalue weighted by atomic mass is 35.5. The van der Waals surface area contributed by atoms with E-state index in [1.807, 2.05) is 0 Å². The minimum absolute atomic E-state index is 0.0696. The molecule has 0 bridgehead atoms. The van der Waals surface area contributed by atoms with Crippen molar-refractivity contribution >= 4 is 34.9 Å². The highest BCUT2D eigenvalue weighted by Crippen LogP contribution is 2.23. The molecule has 3 nitrogen and oxygen atoms in total. The van der Waals surface area contributed by atoms with Crippen LogP contribution in [0.25, 0.3) is 0 Å². The Morgan fingerprint density at radius 2 is 1.81 bits per heavy atom. The van der Waals surface area contributed by atoms with Gasteiger partial charge in [0.05, 0.1) is 10.0 Å². The molecular formula is C11H11Cl2NO2. The van der Waals surface area contributed by atoms with Gasteiger partial charge in [-0.05, 0) is 24.6 Å². The first-order chi connectivity index (χ1) is 7.50. The van der Waals surface area contributed by atoms with Gasteiger partial charge in [-0.15, -0.1) is 0 Å². The van der Waals surface area contributed by atoms with Gasteiger partial charge in [-0.2, -0.15) is 0 Å². The Morgan fingerprint density at radius 3 is 2.38 bits per heavy atom. The zero-order valence-corrected chi connectivity index (χ0v) is 10.0. The summed E-state index contributed by atoms with van der Waals surface area (Å²) >= 11 is 11.5. The zero-order chi connectivity index (χ0) is 12.1. The van der Waals surface area contributed by atoms with Gasteiger partial charge in [0.15, 0.2) is 5.78 Å². The van der Waals surface area contributed by atoms with E-state index in [2.05, 4.69) is 0 Å². The number of Topliss-reactive ketones (excluding diaryl/α,β-unsaturated/α-hetero) is 1. The molecule has 0 radical (unpaired) electrons. The molecule has 0 aliphatic carbocycles. The minimum Gasteiger partial charge on any atom is -0.370 e. The number of hydrogen-bond donors (Lipinski definition) is 1. The molecule has 0 atom stereocenters. The molecular weight excluding hydrogens is 249 g/mol. The molecule has 86 valence electrons. The fourth-order valence-electron chi connectivity index (χ4n) is 1.24. The van der Waals surface area contributed by atoms with Crippen LogP contribution < -0.4 is 5.73 Å². The number of carbonyl (C=O) groups is 2. The molecule has 0 aromatic heterocycles. The van der Waals surface area contributed by atoms with Crippen LogP contribution in [0.3, 0.4) is 0 Å². The molecule has 5 heteroatoms. The zero-order valence-electron chi connectivity index (χ0n) is 8.50. The molecule has 1 aromatic carbocycles. The van der Waals surface area contributed by atoms with Crippen LogP contribution in [0, 0.1) is 0 Å². The van der Waals surface area contributed by atoms with Gasteiger partial charge in [0, 0.05) is 18.4 Å². The molecule has 0 aliphatic heterocycles. The summed E-state index contributed by atoms with van der Waals surface area (Å²) in [5.74, 6) is -0.471. The van der Waals surface area contributed by atoms with Crippen molar-refractivity contribution in [2.45, 2.75) is 19.3 Å². The summed E-state index contributed by atoms with van der Waals surface area (Å²) in [7, 11) is 0. The number of hydrogen-bond acceptors (Lipinski definition) is 2. The molecule has 1 rings (SSSR count). The fourth-order valence-corrected chi connectivity index (χ4v) is 1.54. The highest BCUT2D eigenvalue weighted by Gasteiger charge is 2.08. The summed E-state index contributed by atoms with van der Waals surface area (Å²) in [4.78, 5) is 22.1.